The molecule has 1 atom stereocenters. The summed E-state index contributed by atoms with van der Waals surface area (Å²) < 4.78 is 10.3. The SMILES string of the molecule is COC(=O)c1cc(OCC2CCCNC2)ccn1. The molecule has 2 rings (SSSR count). The average molecular weight is 250 g/mol. The summed E-state index contributed by atoms with van der Waals surface area (Å²) in [6.07, 6.45) is 3.93. The second-order valence-corrected chi connectivity index (χ2v) is 4.39. The monoisotopic (exact) mass is 250 g/mol. The van der Waals surface area contributed by atoms with Gasteiger partial charge >= 0.3 is 5.97 Å². The van der Waals surface area contributed by atoms with Crippen LogP contribution in [-0.2, 0) is 4.74 Å². The second kappa shape index (κ2) is 6.35. The van der Waals surface area contributed by atoms with Gasteiger partial charge in [0.1, 0.15) is 5.75 Å². The van der Waals surface area contributed by atoms with E-state index in [0.29, 0.717) is 18.3 Å². The van der Waals surface area contributed by atoms with Crippen molar-refractivity contribution in [2.45, 2.75) is 12.8 Å². The van der Waals surface area contributed by atoms with Gasteiger partial charge in [0.2, 0.25) is 0 Å². The molecule has 1 unspecified atom stereocenters. The lowest BCUT2D eigenvalue weighted by Gasteiger charge is -2.22. The third-order valence-corrected chi connectivity index (χ3v) is 3.01. The van der Waals surface area contributed by atoms with E-state index in [0.717, 1.165) is 13.1 Å². The van der Waals surface area contributed by atoms with Gasteiger partial charge in [-0.3, -0.25) is 0 Å². The van der Waals surface area contributed by atoms with E-state index in [1.54, 1.807) is 18.3 Å². The highest BCUT2D eigenvalue weighted by Crippen LogP contribution is 2.15. The Morgan fingerprint density at radius 1 is 1.61 bits per heavy atom. The molecule has 1 aliphatic rings. The zero-order valence-corrected chi connectivity index (χ0v) is 10.5. The molecule has 0 aliphatic carbocycles. The zero-order valence-electron chi connectivity index (χ0n) is 10.5. The Kier molecular flexibility index (Phi) is 4.52. The maximum absolute atomic E-state index is 11.3. The molecular formula is C13H18N2O3. The minimum atomic E-state index is -0.445. The van der Waals surface area contributed by atoms with Crippen molar-refractivity contribution < 1.29 is 14.3 Å². The number of methoxy groups -OCH3 is 1. The van der Waals surface area contributed by atoms with Gasteiger partial charge in [-0.15, -0.1) is 0 Å². The summed E-state index contributed by atoms with van der Waals surface area (Å²) in [7, 11) is 1.34. The van der Waals surface area contributed by atoms with Crippen LogP contribution in [0.25, 0.3) is 0 Å². The third kappa shape index (κ3) is 3.43. The van der Waals surface area contributed by atoms with Crippen molar-refractivity contribution in [1.29, 1.82) is 0 Å². The average Bonchev–Trinajstić information content (AvgIpc) is 2.45. The van der Waals surface area contributed by atoms with Gasteiger partial charge in [0.25, 0.3) is 0 Å². The molecule has 5 heteroatoms. The fraction of sp³-hybridized carbons (Fsp3) is 0.538. The smallest absolute Gasteiger partial charge is 0.356 e. The lowest BCUT2D eigenvalue weighted by atomic mass is 10.0. The largest absolute Gasteiger partial charge is 0.493 e. The number of hydrogen-bond donors (Lipinski definition) is 1. The van der Waals surface area contributed by atoms with Crippen LogP contribution in [0.5, 0.6) is 5.75 Å². The summed E-state index contributed by atoms with van der Waals surface area (Å²) in [6, 6.07) is 3.37. The Labute approximate surface area is 107 Å². The Bertz CT molecular complexity index is 403. The van der Waals surface area contributed by atoms with E-state index < -0.39 is 5.97 Å². The van der Waals surface area contributed by atoms with Gasteiger partial charge in [-0.2, -0.15) is 0 Å². The fourth-order valence-electron chi connectivity index (χ4n) is 2.00. The molecule has 1 saturated heterocycles. The number of nitrogens with zero attached hydrogens (tertiary/aromatic N) is 1. The molecule has 18 heavy (non-hydrogen) atoms. The molecule has 1 N–H and O–H groups in total. The highest BCUT2D eigenvalue weighted by Gasteiger charge is 2.14. The highest BCUT2D eigenvalue weighted by atomic mass is 16.5. The summed E-state index contributed by atoms with van der Waals surface area (Å²) in [6.45, 7) is 2.75. The van der Waals surface area contributed by atoms with Crippen LogP contribution in [-0.4, -0.2) is 37.8 Å². The first-order chi connectivity index (χ1) is 8.79. The van der Waals surface area contributed by atoms with E-state index in [9.17, 15) is 4.79 Å². The summed E-state index contributed by atoms with van der Waals surface area (Å²) in [5.74, 6) is 0.754. The molecular weight excluding hydrogens is 232 g/mol. The Balaban J connectivity index is 1.90. The van der Waals surface area contributed by atoms with E-state index in [-0.39, 0.29) is 5.69 Å². The third-order valence-electron chi connectivity index (χ3n) is 3.01. The van der Waals surface area contributed by atoms with E-state index >= 15 is 0 Å². The number of piperidine rings is 1. The highest BCUT2D eigenvalue weighted by molar-refractivity contribution is 5.87. The number of carbonyl (C=O) groups excluding carboxylic acids is 1. The predicted molar refractivity (Wildman–Crippen MR) is 66.7 cm³/mol. The first-order valence-electron chi connectivity index (χ1n) is 6.17. The van der Waals surface area contributed by atoms with Crippen LogP contribution in [0.4, 0.5) is 0 Å². The van der Waals surface area contributed by atoms with E-state index in [2.05, 4.69) is 15.0 Å². The summed E-state index contributed by atoms with van der Waals surface area (Å²) in [5.41, 5.74) is 0.275. The topological polar surface area (TPSA) is 60.5 Å². The first kappa shape index (κ1) is 12.8. The van der Waals surface area contributed by atoms with Gasteiger partial charge in [0.05, 0.1) is 13.7 Å². The molecule has 1 fully saturated rings. The number of nitrogens with one attached hydrogen (secondary N) is 1. The predicted octanol–water partition coefficient (Wildman–Crippen LogP) is 1.25. The molecule has 0 radical (unpaired) electrons. The first-order valence-corrected chi connectivity index (χ1v) is 6.17. The van der Waals surface area contributed by atoms with Crippen molar-refractivity contribution in [2.75, 3.05) is 26.8 Å². The number of aromatic nitrogens is 1. The van der Waals surface area contributed by atoms with Gasteiger partial charge < -0.3 is 14.8 Å². The van der Waals surface area contributed by atoms with Crippen LogP contribution in [0.1, 0.15) is 23.3 Å². The number of ether oxygens (including phenoxy) is 2. The molecule has 2 heterocycles. The maximum atomic E-state index is 11.3. The fourth-order valence-corrected chi connectivity index (χ4v) is 2.00. The Hall–Kier alpha value is -1.62. The number of pyridine rings is 1. The van der Waals surface area contributed by atoms with Crippen LogP contribution in [0.15, 0.2) is 18.3 Å². The number of carbonyl (C=O) groups is 1. The molecule has 0 bridgehead atoms. The summed E-state index contributed by atoms with van der Waals surface area (Å²) in [5, 5.41) is 3.34. The van der Waals surface area contributed by atoms with Crippen molar-refractivity contribution in [3.05, 3.63) is 24.0 Å². The Morgan fingerprint density at radius 3 is 3.22 bits per heavy atom. The van der Waals surface area contributed by atoms with Gasteiger partial charge in [-0.1, -0.05) is 0 Å². The summed E-state index contributed by atoms with van der Waals surface area (Å²) in [4.78, 5) is 15.3. The normalized spacial score (nSPS) is 19.3. The summed E-state index contributed by atoms with van der Waals surface area (Å²) >= 11 is 0. The van der Waals surface area contributed by atoms with Gasteiger partial charge in [0, 0.05) is 24.7 Å². The molecule has 0 saturated carbocycles. The lowest BCUT2D eigenvalue weighted by molar-refractivity contribution is 0.0593. The quantitative estimate of drug-likeness (QED) is 0.815. The van der Waals surface area contributed by atoms with Crippen LogP contribution in [0, 0.1) is 5.92 Å². The van der Waals surface area contributed by atoms with Crippen molar-refractivity contribution >= 4 is 5.97 Å². The molecule has 1 aromatic rings. The molecule has 98 valence electrons. The van der Waals surface area contributed by atoms with E-state index in [1.165, 1.54) is 20.0 Å². The minimum absolute atomic E-state index is 0.275. The minimum Gasteiger partial charge on any atom is -0.493 e. The number of rotatable bonds is 4. The molecule has 0 spiro atoms. The van der Waals surface area contributed by atoms with Crippen LogP contribution < -0.4 is 10.1 Å². The van der Waals surface area contributed by atoms with E-state index in [1.807, 2.05) is 0 Å². The lowest BCUT2D eigenvalue weighted by Crippen LogP contribution is -2.33. The molecule has 0 amide bonds. The molecule has 0 aromatic carbocycles. The standard InChI is InChI=1S/C13H18N2O3/c1-17-13(16)12-7-11(4-6-15-12)18-9-10-3-2-5-14-8-10/h4,6-7,10,14H,2-3,5,8-9H2,1H3. The van der Waals surface area contributed by atoms with Crippen LogP contribution >= 0.6 is 0 Å². The molecule has 1 aliphatic heterocycles. The van der Waals surface area contributed by atoms with Crippen LogP contribution in [0.2, 0.25) is 0 Å². The van der Waals surface area contributed by atoms with Gasteiger partial charge in [-0.05, 0) is 25.5 Å². The number of hydrogen-bond acceptors (Lipinski definition) is 5. The van der Waals surface area contributed by atoms with Crippen molar-refractivity contribution in [1.82, 2.24) is 10.3 Å². The van der Waals surface area contributed by atoms with Crippen molar-refractivity contribution in [2.24, 2.45) is 5.92 Å². The van der Waals surface area contributed by atoms with Gasteiger partial charge in [-0.25, -0.2) is 9.78 Å². The number of esters is 1. The van der Waals surface area contributed by atoms with E-state index in [4.69, 9.17) is 4.74 Å². The van der Waals surface area contributed by atoms with Gasteiger partial charge in [0.15, 0.2) is 5.69 Å². The van der Waals surface area contributed by atoms with Crippen molar-refractivity contribution in [3.63, 3.8) is 0 Å². The Morgan fingerprint density at radius 2 is 2.50 bits per heavy atom. The maximum Gasteiger partial charge on any atom is 0.356 e. The van der Waals surface area contributed by atoms with Crippen molar-refractivity contribution in [3.8, 4) is 5.75 Å². The second-order valence-electron chi connectivity index (χ2n) is 4.39. The van der Waals surface area contributed by atoms with Crippen LogP contribution in [0.3, 0.4) is 0 Å². The molecule has 1 aromatic heterocycles. The molecule has 5 nitrogen and oxygen atoms in total. The zero-order chi connectivity index (χ0) is 12.8.